The molecule has 0 aliphatic heterocycles. The number of nitrogens with zero attached hydrogens (tertiary/aromatic N) is 2. The number of carbonyl (C=O) groups excluding carboxylic acids is 1. The number of ether oxygens (including phenoxy) is 1. The van der Waals surface area contributed by atoms with Crippen molar-refractivity contribution < 1.29 is 9.53 Å². The van der Waals surface area contributed by atoms with E-state index in [1.54, 1.807) is 25.3 Å². The van der Waals surface area contributed by atoms with E-state index in [1.807, 2.05) is 24.3 Å². The van der Waals surface area contributed by atoms with Crippen molar-refractivity contribution in [3.05, 3.63) is 70.6 Å². The highest BCUT2D eigenvalue weighted by atomic mass is 35.5. The first-order valence-electron chi connectivity index (χ1n) is 7.54. The van der Waals surface area contributed by atoms with E-state index in [0.29, 0.717) is 27.3 Å². The van der Waals surface area contributed by atoms with Crippen molar-refractivity contribution >= 4 is 46.3 Å². The van der Waals surface area contributed by atoms with Crippen LogP contribution in [0.4, 0.5) is 17.2 Å². The Labute approximate surface area is 160 Å². The fourth-order valence-corrected chi connectivity index (χ4v) is 2.74. The second-order valence-corrected chi connectivity index (χ2v) is 6.10. The molecular weight excluding hydrogens is 375 g/mol. The summed E-state index contributed by atoms with van der Waals surface area (Å²) in [4.78, 5) is 20.6. The van der Waals surface area contributed by atoms with Crippen LogP contribution in [-0.4, -0.2) is 23.0 Å². The van der Waals surface area contributed by atoms with E-state index in [2.05, 4.69) is 20.6 Å². The number of rotatable bonds is 5. The molecule has 0 aliphatic rings. The van der Waals surface area contributed by atoms with E-state index in [4.69, 9.17) is 27.9 Å². The molecule has 1 heterocycles. The van der Waals surface area contributed by atoms with Gasteiger partial charge in [0.25, 0.3) is 5.91 Å². The van der Waals surface area contributed by atoms with Gasteiger partial charge in [-0.1, -0.05) is 35.3 Å². The molecule has 0 bridgehead atoms. The molecule has 132 valence electrons. The van der Waals surface area contributed by atoms with Gasteiger partial charge >= 0.3 is 0 Å². The van der Waals surface area contributed by atoms with Crippen LogP contribution in [0.3, 0.4) is 0 Å². The van der Waals surface area contributed by atoms with Gasteiger partial charge in [0.15, 0.2) is 0 Å². The number of nitrogens with one attached hydrogen (secondary N) is 2. The molecule has 1 amide bonds. The van der Waals surface area contributed by atoms with Gasteiger partial charge < -0.3 is 15.4 Å². The lowest BCUT2D eigenvalue weighted by molar-refractivity contribution is 0.102. The van der Waals surface area contributed by atoms with E-state index in [-0.39, 0.29) is 5.69 Å². The van der Waals surface area contributed by atoms with Crippen LogP contribution in [0.5, 0.6) is 5.75 Å². The van der Waals surface area contributed by atoms with Gasteiger partial charge in [0.1, 0.15) is 17.3 Å². The molecule has 0 saturated heterocycles. The molecule has 0 unspecified atom stereocenters. The molecule has 0 saturated carbocycles. The number of anilines is 3. The first-order valence-corrected chi connectivity index (χ1v) is 8.30. The minimum Gasteiger partial charge on any atom is -0.495 e. The van der Waals surface area contributed by atoms with Crippen molar-refractivity contribution in [2.45, 2.75) is 0 Å². The highest BCUT2D eigenvalue weighted by Gasteiger charge is 2.10. The number of hydrogen-bond acceptors (Lipinski definition) is 5. The first kappa shape index (κ1) is 18.0. The lowest BCUT2D eigenvalue weighted by atomic mass is 10.3. The predicted octanol–water partition coefficient (Wildman–Crippen LogP) is 4.79. The average molecular weight is 389 g/mol. The predicted molar refractivity (Wildman–Crippen MR) is 103 cm³/mol. The maximum absolute atomic E-state index is 12.3. The van der Waals surface area contributed by atoms with Crippen LogP contribution in [0.25, 0.3) is 0 Å². The van der Waals surface area contributed by atoms with Crippen molar-refractivity contribution in [3.8, 4) is 5.75 Å². The van der Waals surface area contributed by atoms with Crippen molar-refractivity contribution in [2.24, 2.45) is 0 Å². The molecular formula is C18H14Cl2N4O2. The number of halogens is 2. The second kappa shape index (κ2) is 8.03. The summed E-state index contributed by atoms with van der Waals surface area (Å²) in [6, 6.07) is 12.2. The summed E-state index contributed by atoms with van der Waals surface area (Å²) in [5.41, 5.74) is 1.38. The Morgan fingerprint density at radius 3 is 2.42 bits per heavy atom. The van der Waals surface area contributed by atoms with Gasteiger partial charge in [-0.15, -0.1) is 0 Å². The standard InChI is InChI=1S/C18H14Cl2N4O2/c1-26-16-5-3-2-4-14(16)24-17-10-21-15(9-22-17)18(25)23-13-7-11(19)6-12(20)8-13/h2-10H,1H3,(H,22,24)(H,23,25). The highest BCUT2D eigenvalue weighted by molar-refractivity contribution is 6.35. The largest absolute Gasteiger partial charge is 0.495 e. The zero-order valence-corrected chi connectivity index (χ0v) is 15.2. The molecule has 2 N–H and O–H groups in total. The van der Waals surface area contributed by atoms with Gasteiger partial charge in [0.05, 0.1) is 25.2 Å². The Morgan fingerprint density at radius 2 is 1.77 bits per heavy atom. The number of benzene rings is 2. The van der Waals surface area contributed by atoms with Gasteiger partial charge in [-0.2, -0.15) is 0 Å². The molecule has 0 atom stereocenters. The summed E-state index contributed by atoms with van der Waals surface area (Å²) in [5, 5.41) is 6.62. The molecule has 26 heavy (non-hydrogen) atoms. The molecule has 3 rings (SSSR count). The Balaban J connectivity index is 1.71. The lowest BCUT2D eigenvalue weighted by Crippen LogP contribution is -2.14. The summed E-state index contributed by atoms with van der Waals surface area (Å²) in [6.45, 7) is 0. The third-order valence-corrected chi connectivity index (χ3v) is 3.81. The Kier molecular flexibility index (Phi) is 5.55. The number of methoxy groups -OCH3 is 1. The maximum atomic E-state index is 12.3. The number of para-hydroxylation sites is 2. The minimum atomic E-state index is -0.417. The molecule has 0 radical (unpaired) electrons. The van der Waals surface area contributed by atoms with Crippen molar-refractivity contribution in [3.63, 3.8) is 0 Å². The van der Waals surface area contributed by atoms with Crippen LogP contribution in [0.2, 0.25) is 10.0 Å². The zero-order valence-electron chi connectivity index (χ0n) is 13.7. The summed E-state index contributed by atoms with van der Waals surface area (Å²) in [7, 11) is 1.59. The van der Waals surface area contributed by atoms with E-state index in [0.717, 1.165) is 5.69 Å². The molecule has 0 fully saturated rings. The second-order valence-electron chi connectivity index (χ2n) is 5.22. The van der Waals surface area contributed by atoms with Crippen LogP contribution < -0.4 is 15.4 Å². The van der Waals surface area contributed by atoms with Crippen molar-refractivity contribution in [2.75, 3.05) is 17.7 Å². The van der Waals surface area contributed by atoms with Crippen LogP contribution >= 0.6 is 23.2 Å². The van der Waals surface area contributed by atoms with Gasteiger partial charge in [0, 0.05) is 15.7 Å². The van der Waals surface area contributed by atoms with Crippen molar-refractivity contribution in [1.29, 1.82) is 0 Å². The molecule has 6 nitrogen and oxygen atoms in total. The fraction of sp³-hybridized carbons (Fsp3) is 0.0556. The smallest absolute Gasteiger partial charge is 0.275 e. The lowest BCUT2D eigenvalue weighted by Gasteiger charge is -2.10. The van der Waals surface area contributed by atoms with Crippen LogP contribution in [-0.2, 0) is 0 Å². The highest BCUT2D eigenvalue weighted by Crippen LogP contribution is 2.26. The summed E-state index contributed by atoms with van der Waals surface area (Å²) < 4.78 is 5.27. The van der Waals surface area contributed by atoms with Crippen molar-refractivity contribution in [1.82, 2.24) is 9.97 Å². The molecule has 1 aromatic heterocycles. The topological polar surface area (TPSA) is 76.1 Å². The Morgan fingerprint density at radius 1 is 1.04 bits per heavy atom. The summed E-state index contributed by atoms with van der Waals surface area (Å²) >= 11 is 11.8. The van der Waals surface area contributed by atoms with Crippen LogP contribution in [0.1, 0.15) is 10.5 Å². The first-order chi connectivity index (χ1) is 12.5. The fourth-order valence-electron chi connectivity index (χ4n) is 2.22. The van der Waals surface area contributed by atoms with E-state index < -0.39 is 5.91 Å². The minimum absolute atomic E-state index is 0.159. The van der Waals surface area contributed by atoms with Crippen LogP contribution in [0.15, 0.2) is 54.9 Å². The maximum Gasteiger partial charge on any atom is 0.275 e. The number of carbonyl (C=O) groups is 1. The SMILES string of the molecule is COc1ccccc1Nc1cnc(C(=O)Nc2cc(Cl)cc(Cl)c2)cn1. The van der Waals surface area contributed by atoms with Gasteiger partial charge in [-0.05, 0) is 30.3 Å². The van der Waals surface area contributed by atoms with E-state index >= 15 is 0 Å². The van der Waals surface area contributed by atoms with Crippen LogP contribution in [0, 0.1) is 0 Å². The Bertz CT molecular complexity index is 912. The zero-order chi connectivity index (χ0) is 18.5. The summed E-state index contributed by atoms with van der Waals surface area (Å²) in [5.74, 6) is 0.741. The summed E-state index contributed by atoms with van der Waals surface area (Å²) in [6.07, 6.45) is 2.84. The monoisotopic (exact) mass is 388 g/mol. The number of hydrogen-bond donors (Lipinski definition) is 2. The normalized spacial score (nSPS) is 10.3. The Hall–Kier alpha value is -2.83. The molecule has 0 aliphatic carbocycles. The van der Waals surface area contributed by atoms with Gasteiger partial charge in [0.2, 0.25) is 0 Å². The average Bonchev–Trinajstić information content (AvgIpc) is 2.62. The molecule has 0 spiro atoms. The third kappa shape index (κ3) is 4.41. The number of amides is 1. The van der Waals surface area contributed by atoms with E-state index in [1.165, 1.54) is 12.4 Å². The molecule has 2 aromatic carbocycles. The quantitative estimate of drug-likeness (QED) is 0.656. The molecule has 3 aromatic rings. The van der Waals surface area contributed by atoms with Gasteiger partial charge in [-0.3, -0.25) is 4.79 Å². The number of aromatic nitrogens is 2. The third-order valence-electron chi connectivity index (χ3n) is 3.37. The molecule has 8 heteroatoms. The van der Waals surface area contributed by atoms with Gasteiger partial charge in [-0.25, -0.2) is 9.97 Å². The van der Waals surface area contributed by atoms with E-state index in [9.17, 15) is 4.79 Å².